The number of benzene rings is 2. The molecule has 1 aliphatic carbocycles. The van der Waals surface area contributed by atoms with E-state index in [0.29, 0.717) is 30.2 Å². The number of nitrogens with one attached hydrogen (secondary N) is 2. The summed E-state index contributed by atoms with van der Waals surface area (Å²) in [6.07, 6.45) is 7.41. The second-order valence-corrected chi connectivity index (χ2v) is 9.46. The maximum atomic E-state index is 13.1. The molecule has 0 bridgehead atoms. The zero-order valence-electron chi connectivity index (χ0n) is 20.4. The molecule has 2 unspecified atom stereocenters. The number of allylic oxidation sites excluding steroid dienone is 2. The van der Waals surface area contributed by atoms with E-state index < -0.39 is 11.4 Å². The molecule has 0 spiro atoms. The number of amides is 2. The van der Waals surface area contributed by atoms with Gasteiger partial charge in [-0.1, -0.05) is 37.3 Å². The summed E-state index contributed by atoms with van der Waals surface area (Å²) in [5, 5.41) is 15.6. The van der Waals surface area contributed by atoms with E-state index in [1.807, 2.05) is 74.5 Å². The SMILES string of the molecule is CCC1C=[N+](C(=O)Nc2ccccc2)c2ccc(C3=CC=C(OCC4(C(=O)O)CC4)NC3C)cc2O1. The lowest BCUT2D eigenvalue weighted by Gasteiger charge is -2.27. The van der Waals surface area contributed by atoms with Crippen LogP contribution in [0.3, 0.4) is 0 Å². The first-order chi connectivity index (χ1) is 17.4. The number of urea groups is 1. The fourth-order valence-electron chi connectivity index (χ4n) is 4.37. The number of carboxylic acids is 1. The standard InChI is InChI=1S/C28H29N3O5/c1-3-21-16-31(27(34)30-20-7-5-4-6-8-20)23-11-9-19(15-24(23)36-21)22-10-12-25(29-18(22)2)35-17-28(13-14-28)26(32)33/h4-12,15-16,18,21,29H,3,13-14,17H2,1-2H3,(H-,30,32,33,34)/p+1. The molecule has 0 aromatic heterocycles. The molecular formula is C28H30N3O5+. The maximum Gasteiger partial charge on any atom is 0.501 e. The van der Waals surface area contributed by atoms with Crippen molar-refractivity contribution in [3.05, 3.63) is 72.1 Å². The molecule has 2 amide bonds. The second-order valence-electron chi connectivity index (χ2n) is 9.46. The molecule has 5 rings (SSSR count). The van der Waals surface area contributed by atoms with Gasteiger partial charge in [0.05, 0.1) is 6.04 Å². The number of hydrogen-bond acceptors (Lipinski definition) is 5. The van der Waals surface area contributed by atoms with Crippen molar-refractivity contribution in [1.29, 1.82) is 0 Å². The largest absolute Gasteiger partial charge is 0.501 e. The molecule has 2 atom stereocenters. The van der Waals surface area contributed by atoms with Gasteiger partial charge in [-0.15, -0.1) is 0 Å². The predicted octanol–water partition coefficient (Wildman–Crippen LogP) is 4.90. The molecule has 0 radical (unpaired) electrons. The van der Waals surface area contributed by atoms with Crippen LogP contribution in [-0.2, 0) is 9.53 Å². The number of para-hydroxylation sites is 1. The summed E-state index contributed by atoms with van der Waals surface area (Å²) in [7, 11) is 0. The lowest BCUT2D eigenvalue weighted by Crippen LogP contribution is -2.34. The number of aliphatic carboxylic acids is 1. The summed E-state index contributed by atoms with van der Waals surface area (Å²) < 4.78 is 13.6. The molecule has 8 heteroatoms. The molecule has 3 aliphatic rings. The van der Waals surface area contributed by atoms with Crippen LogP contribution in [0.5, 0.6) is 5.75 Å². The molecule has 2 aromatic rings. The van der Waals surface area contributed by atoms with E-state index in [-0.39, 0.29) is 24.8 Å². The van der Waals surface area contributed by atoms with Gasteiger partial charge >= 0.3 is 12.0 Å². The van der Waals surface area contributed by atoms with E-state index in [0.717, 1.165) is 23.2 Å². The van der Waals surface area contributed by atoms with E-state index in [2.05, 4.69) is 10.6 Å². The Morgan fingerprint density at radius 3 is 2.64 bits per heavy atom. The van der Waals surface area contributed by atoms with Crippen molar-refractivity contribution >= 4 is 35.2 Å². The first-order valence-corrected chi connectivity index (χ1v) is 12.2. The van der Waals surface area contributed by atoms with Crippen molar-refractivity contribution < 1.29 is 28.7 Å². The number of dihydropyridines is 1. The van der Waals surface area contributed by atoms with Gasteiger partial charge in [0.25, 0.3) is 0 Å². The van der Waals surface area contributed by atoms with Crippen LogP contribution in [0.25, 0.3) is 5.57 Å². The Morgan fingerprint density at radius 2 is 1.97 bits per heavy atom. The third-order valence-corrected chi connectivity index (χ3v) is 6.84. The average molecular weight is 489 g/mol. The molecule has 0 saturated heterocycles. The minimum Gasteiger partial charge on any atom is -0.481 e. The highest BCUT2D eigenvalue weighted by Gasteiger charge is 2.51. The highest BCUT2D eigenvalue weighted by Crippen LogP contribution is 2.46. The van der Waals surface area contributed by atoms with Gasteiger partial charge in [-0.3, -0.25) is 4.79 Å². The van der Waals surface area contributed by atoms with Crippen LogP contribution in [0.15, 0.2) is 66.6 Å². The smallest absolute Gasteiger partial charge is 0.481 e. The molecule has 3 N–H and O–H groups in total. The molecule has 2 aromatic carbocycles. The number of nitrogens with zero attached hydrogens (tertiary/aromatic N) is 1. The molecule has 186 valence electrons. The number of carbonyl (C=O) groups excluding carboxylic acids is 1. The van der Waals surface area contributed by atoms with E-state index in [1.165, 1.54) is 0 Å². The third kappa shape index (κ3) is 4.71. The first kappa shape index (κ1) is 23.7. The van der Waals surface area contributed by atoms with E-state index in [4.69, 9.17) is 9.47 Å². The predicted molar refractivity (Wildman–Crippen MR) is 137 cm³/mol. The second kappa shape index (κ2) is 9.53. The topological polar surface area (TPSA) is 99.9 Å². The van der Waals surface area contributed by atoms with Gasteiger partial charge in [-0.05, 0) is 67.7 Å². The van der Waals surface area contributed by atoms with Crippen molar-refractivity contribution in [1.82, 2.24) is 5.32 Å². The Labute approximate surface area is 209 Å². The van der Waals surface area contributed by atoms with E-state index in [9.17, 15) is 14.7 Å². The Kier molecular flexibility index (Phi) is 6.26. The number of carbonyl (C=O) groups is 2. The van der Waals surface area contributed by atoms with Crippen LogP contribution in [0.2, 0.25) is 0 Å². The van der Waals surface area contributed by atoms with E-state index >= 15 is 0 Å². The van der Waals surface area contributed by atoms with Gasteiger partial charge in [-0.25, -0.2) is 5.32 Å². The minimum absolute atomic E-state index is 0.0577. The summed E-state index contributed by atoms with van der Waals surface area (Å²) in [6, 6.07) is 14.9. The first-order valence-electron chi connectivity index (χ1n) is 12.2. The summed E-state index contributed by atoms with van der Waals surface area (Å²) in [5.74, 6) is 0.407. The summed E-state index contributed by atoms with van der Waals surface area (Å²) in [6.45, 7) is 4.20. The Bertz CT molecular complexity index is 1280. The Hall–Kier alpha value is -4.07. The summed E-state index contributed by atoms with van der Waals surface area (Å²) >= 11 is 0. The van der Waals surface area contributed by atoms with Gasteiger partial charge in [0, 0.05) is 0 Å². The summed E-state index contributed by atoms with van der Waals surface area (Å²) in [5.41, 5.74) is 2.67. The number of hydrogen-bond donors (Lipinski definition) is 3. The highest BCUT2D eigenvalue weighted by molar-refractivity contribution is 5.89. The van der Waals surface area contributed by atoms with Crippen molar-refractivity contribution in [3.8, 4) is 5.75 Å². The van der Waals surface area contributed by atoms with Gasteiger partial charge in [0.1, 0.15) is 23.9 Å². The number of fused-ring (bicyclic) bond motifs is 1. The van der Waals surface area contributed by atoms with Crippen LogP contribution in [0.4, 0.5) is 16.2 Å². The lowest BCUT2D eigenvalue weighted by molar-refractivity contribution is -0.331. The molecular weight excluding hydrogens is 458 g/mol. The third-order valence-electron chi connectivity index (χ3n) is 6.84. The normalized spacial score (nSPS) is 21.4. The van der Waals surface area contributed by atoms with Crippen molar-refractivity contribution in [2.24, 2.45) is 5.41 Å². The fourth-order valence-corrected chi connectivity index (χ4v) is 4.37. The Balaban J connectivity index is 1.36. The minimum atomic E-state index is -0.800. The van der Waals surface area contributed by atoms with Crippen LogP contribution in [0.1, 0.15) is 38.7 Å². The summed E-state index contributed by atoms with van der Waals surface area (Å²) in [4.78, 5) is 24.5. The molecule has 1 fully saturated rings. The van der Waals surface area contributed by atoms with Crippen molar-refractivity contribution in [2.75, 3.05) is 11.9 Å². The zero-order valence-corrected chi connectivity index (χ0v) is 20.4. The quantitative estimate of drug-likeness (QED) is 0.480. The highest BCUT2D eigenvalue weighted by atomic mass is 16.5. The van der Waals surface area contributed by atoms with Gasteiger partial charge in [-0.2, -0.15) is 9.37 Å². The molecule has 8 nitrogen and oxygen atoms in total. The number of ether oxygens (including phenoxy) is 2. The molecule has 36 heavy (non-hydrogen) atoms. The number of carboxylic acid groups (broad SMARTS) is 1. The number of anilines is 1. The maximum absolute atomic E-state index is 13.1. The average Bonchev–Trinajstić information content (AvgIpc) is 3.68. The van der Waals surface area contributed by atoms with Gasteiger partial charge in [0.2, 0.25) is 0 Å². The van der Waals surface area contributed by atoms with Crippen molar-refractivity contribution in [2.45, 2.75) is 45.3 Å². The molecule has 2 aliphatic heterocycles. The zero-order chi connectivity index (χ0) is 25.3. The Morgan fingerprint density at radius 1 is 1.19 bits per heavy atom. The van der Waals surface area contributed by atoms with Crippen LogP contribution in [-0.4, -0.2) is 46.6 Å². The van der Waals surface area contributed by atoms with E-state index in [1.54, 1.807) is 10.8 Å². The van der Waals surface area contributed by atoms with Crippen molar-refractivity contribution in [3.63, 3.8) is 0 Å². The fraction of sp³-hybridized carbons (Fsp3) is 0.321. The molecule has 2 heterocycles. The van der Waals surface area contributed by atoms with Crippen LogP contribution in [0, 0.1) is 5.41 Å². The monoisotopic (exact) mass is 488 g/mol. The van der Waals surface area contributed by atoms with Crippen LogP contribution >= 0.6 is 0 Å². The van der Waals surface area contributed by atoms with Crippen LogP contribution < -0.4 is 15.4 Å². The number of rotatable bonds is 7. The lowest BCUT2D eigenvalue weighted by atomic mass is 9.96. The van der Waals surface area contributed by atoms with Gasteiger partial charge < -0.3 is 19.9 Å². The molecule has 1 saturated carbocycles. The van der Waals surface area contributed by atoms with Gasteiger partial charge in [0.15, 0.2) is 23.4 Å².